The lowest BCUT2D eigenvalue weighted by Crippen LogP contribution is -2.41. The monoisotopic (exact) mass is 127 g/mol. The maximum absolute atomic E-state index is 10.9. The molecule has 0 saturated carbocycles. The molecule has 2 nitrogen and oxygen atoms in total. The first-order valence-corrected chi connectivity index (χ1v) is 3.50. The van der Waals surface area contributed by atoms with E-state index in [1.165, 1.54) is 0 Å². The van der Waals surface area contributed by atoms with Crippen LogP contribution in [0.4, 0.5) is 0 Å². The Morgan fingerprint density at radius 2 is 2.11 bits per heavy atom. The average Bonchev–Trinajstić information content (AvgIpc) is 1.80. The highest BCUT2D eigenvalue weighted by atomic mass is 16.2. The van der Waals surface area contributed by atoms with E-state index in [2.05, 4.69) is 5.32 Å². The van der Waals surface area contributed by atoms with Gasteiger partial charge < -0.3 is 5.32 Å². The number of carbonyl (C=O) groups excluding carboxylic acids is 1. The largest absolute Gasteiger partial charge is 0.353 e. The zero-order valence-electron chi connectivity index (χ0n) is 5.98. The number of amides is 1. The highest BCUT2D eigenvalue weighted by Gasteiger charge is 2.20. The van der Waals surface area contributed by atoms with Crippen LogP contribution in [0.25, 0.3) is 0 Å². The molecule has 0 spiro atoms. The number of carbonyl (C=O) groups is 1. The second-order valence-electron chi connectivity index (χ2n) is 2.89. The van der Waals surface area contributed by atoms with Crippen LogP contribution in [0.5, 0.6) is 0 Å². The molecule has 2 heteroatoms. The quantitative estimate of drug-likeness (QED) is 0.515. The summed E-state index contributed by atoms with van der Waals surface area (Å²) in [4.78, 5) is 10.9. The van der Waals surface area contributed by atoms with Gasteiger partial charge in [0, 0.05) is 12.0 Å². The summed E-state index contributed by atoms with van der Waals surface area (Å²) in [6, 6.07) is 0.397. The number of rotatable bonds is 0. The summed E-state index contributed by atoms with van der Waals surface area (Å²) < 4.78 is 0. The van der Waals surface area contributed by atoms with E-state index in [-0.39, 0.29) is 11.8 Å². The number of hydrogen-bond acceptors (Lipinski definition) is 1. The van der Waals surface area contributed by atoms with Gasteiger partial charge in [-0.1, -0.05) is 6.92 Å². The second kappa shape index (κ2) is 2.38. The molecule has 9 heavy (non-hydrogen) atoms. The molecule has 0 aromatic rings. The molecule has 2 atom stereocenters. The third-order valence-electron chi connectivity index (χ3n) is 1.87. The van der Waals surface area contributed by atoms with Gasteiger partial charge in [0.25, 0.3) is 0 Å². The molecule has 1 saturated heterocycles. The van der Waals surface area contributed by atoms with Crippen molar-refractivity contribution >= 4 is 5.91 Å². The van der Waals surface area contributed by atoms with Crippen LogP contribution in [-0.4, -0.2) is 11.9 Å². The van der Waals surface area contributed by atoms with Crippen LogP contribution < -0.4 is 5.32 Å². The fraction of sp³-hybridized carbons (Fsp3) is 0.857. The van der Waals surface area contributed by atoms with Crippen molar-refractivity contribution in [3.05, 3.63) is 0 Å². The molecule has 1 fully saturated rings. The SMILES string of the molecule is C[C@@H]1CC[C@@H](C)C(=O)N1. The molecule has 1 N–H and O–H groups in total. The highest BCUT2D eigenvalue weighted by molar-refractivity contribution is 5.79. The zero-order chi connectivity index (χ0) is 6.85. The van der Waals surface area contributed by atoms with Gasteiger partial charge in [-0.3, -0.25) is 4.79 Å². The van der Waals surface area contributed by atoms with Crippen molar-refractivity contribution in [3.8, 4) is 0 Å². The van der Waals surface area contributed by atoms with Crippen LogP contribution in [0.1, 0.15) is 26.7 Å². The molecule has 0 radical (unpaired) electrons. The van der Waals surface area contributed by atoms with Crippen molar-refractivity contribution in [1.29, 1.82) is 0 Å². The molecule has 1 heterocycles. The molecule has 1 rings (SSSR count). The second-order valence-corrected chi connectivity index (χ2v) is 2.89. The van der Waals surface area contributed by atoms with E-state index in [0.717, 1.165) is 12.8 Å². The zero-order valence-corrected chi connectivity index (χ0v) is 5.98. The molecule has 52 valence electrons. The summed E-state index contributed by atoms with van der Waals surface area (Å²) in [5, 5.41) is 2.89. The molecular weight excluding hydrogens is 114 g/mol. The van der Waals surface area contributed by atoms with E-state index in [4.69, 9.17) is 0 Å². The number of hydrogen-bond donors (Lipinski definition) is 1. The fourth-order valence-corrected chi connectivity index (χ4v) is 1.09. The third-order valence-corrected chi connectivity index (χ3v) is 1.87. The van der Waals surface area contributed by atoms with Crippen LogP contribution >= 0.6 is 0 Å². The summed E-state index contributed by atoms with van der Waals surface area (Å²) >= 11 is 0. The van der Waals surface area contributed by atoms with Crippen LogP contribution in [0.2, 0.25) is 0 Å². The Hall–Kier alpha value is -0.530. The van der Waals surface area contributed by atoms with E-state index in [1.807, 2.05) is 13.8 Å². The average molecular weight is 127 g/mol. The Balaban J connectivity index is 2.44. The lowest BCUT2D eigenvalue weighted by atomic mass is 9.97. The Kier molecular flexibility index (Phi) is 1.74. The van der Waals surface area contributed by atoms with Gasteiger partial charge in [-0.15, -0.1) is 0 Å². The Morgan fingerprint density at radius 1 is 1.44 bits per heavy atom. The van der Waals surface area contributed by atoms with Crippen molar-refractivity contribution in [2.45, 2.75) is 32.7 Å². The first kappa shape index (κ1) is 6.59. The van der Waals surface area contributed by atoms with Crippen molar-refractivity contribution < 1.29 is 4.79 Å². The maximum atomic E-state index is 10.9. The van der Waals surface area contributed by atoms with Crippen LogP contribution in [0, 0.1) is 5.92 Å². The Bertz CT molecular complexity index is 122. The lowest BCUT2D eigenvalue weighted by Gasteiger charge is -2.23. The first-order valence-electron chi connectivity index (χ1n) is 3.50. The van der Waals surface area contributed by atoms with Crippen molar-refractivity contribution in [1.82, 2.24) is 5.32 Å². The molecule has 0 aromatic carbocycles. The Morgan fingerprint density at radius 3 is 2.56 bits per heavy atom. The fourth-order valence-electron chi connectivity index (χ4n) is 1.09. The predicted octanol–water partition coefficient (Wildman–Crippen LogP) is 0.921. The van der Waals surface area contributed by atoms with Gasteiger partial charge in [0.1, 0.15) is 0 Å². The van der Waals surface area contributed by atoms with Crippen molar-refractivity contribution in [2.24, 2.45) is 5.92 Å². The Labute approximate surface area is 55.6 Å². The summed E-state index contributed by atoms with van der Waals surface area (Å²) in [6.45, 7) is 4.02. The van der Waals surface area contributed by atoms with Crippen LogP contribution in [0.3, 0.4) is 0 Å². The van der Waals surface area contributed by atoms with Gasteiger partial charge in [-0.05, 0) is 19.8 Å². The number of piperidine rings is 1. The molecule has 0 unspecified atom stereocenters. The normalized spacial score (nSPS) is 36.0. The van der Waals surface area contributed by atoms with E-state index in [9.17, 15) is 4.79 Å². The van der Waals surface area contributed by atoms with Crippen LogP contribution in [0.15, 0.2) is 0 Å². The van der Waals surface area contributed by atoms with E-state index in [0.29, 0.717) is 6.04 Å². The smallest absolute Gasteiger partial charge is 0.223 e. The minimum atomic E-state index is 0.216. The summed E-state index contributed by atoms with van der Waals surface area (Å²) in [5.41, 5.74) is 0. The number of nitrogens with one attached hydrogen (secondary N) is 1. The van der Waals surface area contributed by atoms with Gasteiger partial charge in [-0.25, -0.2) is 0 Å². The van der Waals surface area contributed by atoms with Crippen molar-refractivity contribution in [2.75, 3.05) is 0 Å². The third kappa shape index (κ3) is 1.44. The standard InChI is InChI=1S/C7H13NO/c1-5-3-4-6(2)8-7(5)9/h5-6H,3-4H2,1-2H3,(H,8,9)/t5-,6-/m1/s1. The minimum Gasteiger partial charge on any atom is -0.353 e. The molecule has 0 aliphatic carbocycles. The predicted molar refractivity (Wildman–Crippen MR) is 36.0 cm³/mol. The van der Waals surface area contributed by atoms with Crippen LogP contribution in [-0.2, 0) is 4.79 Å². The topological polar surface area (TPSA) is 29.1 Å². The minimum absolute atomic E-state index is 0.216. The van der Waals surface area contributed by atoms with Gasteiger partial charge in [0.15, 0.2) is 0 Å². The van der Waals surface area contributed by atoms with Gasteiger partial charge in [0.05, 0.1) is 0 Å². The van der Waals surface area contributed by atoms with Gasteiger partial charge in [0.2, 0.25) is 5.91 Å². The van der Waals surface area contributed by atoms with E-state index < -0.39 is 0 Å². The van der Waals surface area contributed by atoms with Crippen molar-refractivity contribution in [3.63, 3.8) is 0 Å². The summed E-state index contributed by atoms with van der Waals surface area (Å²) in [7, 11) is 0. The van der Waals surface area contributed by atoms with E-state index >= 15 is 0 Å². The first-order chi connectivity index (χ1) is 4.20. The molecular formula is C7H13NO. The summed E-state index contributed by atoms with van der Waals surface area (Å²) in [5.74, 6) is 0.454. The molecule has 0 aromatic heterocycles. The maximum Gasteiger partial charge on any atom is 0.223 e. The molecule has 0 bridgehead atoms. The van der Waals surface area contributed by atoms with E-state index in [1.54, 1.807) is 0 Å². The summed E-state index contributed by atoms with van der Waals surface area (Å²) in [6.07, 6.45) is 2.18. The molecule has 1 aliphatic rings. The molecule has 1 amide bonds. The lowest BCUT2D eigenvalue weighted by molar-refractivity contribution is -0.127. The van der Waals surface area contributed by atoms with Gasteiger partial charge in [-0.2, -0.15) is 0 Å². The highest BCUT2D eigenvalue weighted by Crippen LogP contribution is 2.13. The van der Waals surface area contributed by atoms with Gasteiger partial charge >= 0.3 is 0 Å². The molecule has 1 aliphatic heterocycles.